The Morgan fingerprint density at radius 1 is 1.12 bits per heavy atom. The van der Waals surface area contributed by atoms with Crippen molar-refractivity contribution in [1.29, 1.82) is 0 Å². The summed E-state index contributed by atoms with van der Waals surface area (Å²) in [5.74, 6) is 0.399. The third kappa shape index (κ3) is 5.69. The molecule has 10 nitrogen and oxygen atoms in total. The van der Waals surface area contributed by atoms with E-state index in [2.05, 4.69) is 11.6 Å². The van der Waals surface area contributed by atoms with Crippen molar-refractivity contribution in [3.63, 3.8) is 0 Å². The first kappa shape index (κ1) is 24.9. The molecule has 188 valence electrons. The first-order valence-electron chi connectivity index (χ1n) is 12.2. The second-order valence-corrected chi connectivity index (χ2v) is 11.4. The van der Waals surface area contributed by atoms with E-state index in [0.717, 1.165) is 44.6 Å². The van der Waals surface area contributed by atoms with Crippen molar-refractivity contribution < 1.29 is 22.9 Å². The zero-order valence-electron chi connectivity index (χ0n) is 19.6. The van der Waals surface area contributed by atoms with Gasteiger partial charge in [-0.25, -0.2) is 13.1 Å². The van der Waals surface area contributed by atoms with E-state index in [4.69, 9.17) is 4.74 Å². The second-order valence-electron chi connectivity index (χ2n) is 9.71. The quantitative estimate of drug-likeness (QED) is 0.476. The minimum atomic E-state index is -3.87. The van der Waals surface area contributed by atoms with Crippen LogP contribution in [-0.4, -0.2) is 69.6 Å². The highest BCUT2D eigenvalue weighted by Crippen LogP contribution is 2.34. The molecule has 1 saturated carbocycles. The molecule has 0 bridgehead atoms. The first-order chi connectivity index (χ1) is 16.2. The number of piperidine rings is 1. The van der Waals surface area contributed by atoms with Gasteiger partial charge < -0.3 is 14.5 Å². The van der Waals surface area contributed by atoms with Gasteiger partial charge in [0.15, 0.2) is 0 Å². The standard InChI is InChI=1S/C23H34N4O6S/c1-17-4-6-19(7-5-17)24-34(31,32)20-8-9-21(22(15-20)27(29)30)26-10-2-3-18(16-26)23(28)25-11-13-33-14-12-25/h8-9,15,17-19,24H,2-7,10-14,16H2,1H3. The summed E-state index contributed by atoms with van der Waals surface area (Å²) in [6, 6.07) is 3.95. The van der Waals surface area contributed by atoms with Gasteiger partial charge in [0.05, 0.1) is 29.0 Å². The van der Waals surface area contributed by atoms with Gasteiger partial charge in [0.25, 0.3) is 5.69 Å². The number of morpholine rings is 1. The summed E-state index contributed by atoms with van der Waals surface area (Å²) in [7, 11) is -3.87. The Morgan fingerprint density at radius 3 is 2.50 bits per heavy atom. The van der Waals surface area contributed by atoms with E-state index in [0.29, 0.717) is 51.0 Å². The predicted octanol–water partition coefficient (Wildman–Crippen LogP) is 2.53. The van der Waals surface area contributed by atoms with Crippen LogP contribution >= 0.6 is 0 Å². The lowest BCUT2D eigenvalue weighted by Gasteiger charge is -2.37. The van der Waals surface area contributed by atoms with Gasteiger partial charge in [-0.3, -0.25) is 14.9 Å². The second kappa shape index (κ2) is 10.6. The van der Waals surface area contributed by atoms with Crippen molar-refractivity contribution in [2.75, 3.05) is 44.3 Å². The van der Waals surface area contributed by atoms with Crippen LogP contribution in [0.2, 0.25) is 0 Å². The van der Waals surface area contributed by atoms with E-state index in [1.807, 2.05) is 4.90 Å². The van der Waals surface area contributed by atoms with Gasteiger partial charge in [-0.2, -0.15) is 0 Å². The van der Waals surface area contributed by atoms with E-state index >= 15 is 0 Å². The molecule has 34 heavy (non-hydrogen) atoms. The number of hydrogen-bond donors (Lipinski definition) is 1. The lowest BCUT2D eigenvalue weighted by Crippen LogP contribution is -2.48. The Labute approximate surface area is 200 Å². The number of nitrogens with one attached hydrogen (secondary N) is 1. The van der Waals surface area contributed by atoms with Crippen molar-refractivity contribution in [3.8, 4) is 0 Å². The monoisotopic (exact) mass is 494 g/mol. The van der Waals surface area contributed by atoms with E-state index in [1.165, 1.54) is 12.1 Å². The Balaban J connectivity index is 1.51. The molecule has 2 saturated heterocycles. The van der Waals surface area contributed by atoms with E-state index in [9.17, 15) is 23.3 Å². The number of hydrogen-bond acceptors (Lipinski definition) is 7. The van der Waals surface area contributed by atoms with Crippen LogP contribution < -0.4 is 9.62 Å². The summed E-state index contributed by atoms with van der Waals surface area (Å²) in [6.07, 6.45) is 4.94. The molecule has 1 unspecified atom stereocenters. The molecule has 1 atom stereocenters. The predicted molar refractivity (Wildman–Crippen MR) is 127 cm³/mol. The van der Waals surface area contributed by atoms with E-state index in [1.54, 1.807) is 4.90 Å². The molecule has 1 amide bonds. The Morgan fingerprint density at radius 2 is 1.82 bits per heavy atom. The SMILES string of the molecule is CC1CCC(NS(=O)(=O)c2ccc(N3CCCC(C(=O)N4CCOCC4)C3)c([N+](=O)[O-])c2)CC1. The van der Waals surface area contributed by atoms with Gasteiger partial charge >= 0.3 is 0 Å². The van der Waals surface area contributed by atoms with Crippen LogP contribution in [0.5, 0.6) is 0 Å². The number of sulfonamides is 1. The molecular weight excluding hydrogens is 460 g/mol. The zero-order valence-corrected chi connectivity index (χ0v) is 20.5. The normalized spacial score (nSPS) is 26.3. The molecule has 1 N–H and O–H groups in total. The summed E-state index contributed by atoms with van der Waals surface area (Å²) in [4.78, 5) is 27.9. The summed E-state index contributed by atoms with van der Waals surface area (Å²) in [5.41, 5.74) is 0.106. The average molecular weight is 495 g/mol. The molecule has 4 rings (SSSR count). The van der Waals surface area contributed by atoms with Crippen LogP contribution in [0.15, 0.2) is 23.1 Å². The summed E-state index contributed by atoms with van der Waals surface area (Å²) < 4.78 is 34.0. The Bertz CT molecular complexity index is 1000. The Hall–Kier alpha value is -2.24. The van der Waals surface area contributed by atoms with Crippen molar-refractivity contribution in [2.45, 2.75) is 56.4 Å². The molecule has 11 heteroatoms. The fraction of sp³-hybridized carbons (Fsp3) is 0.696. The molecule has 3 fully saturated rings. The molecule has 0 spiro atoms. The highest BCUT2D eigenvalue weighted by molar-refractivity contribution is 7.89. The van der Waals surface area contributed by atoms with Crippen molar-refractivity contribution in [2.24, 2.45) is 11.8 Å². The molecule has 2 heterocycles. The number of ether oxygens (including phenoxy) is 1. The van der Waals surface area contributed by atoms with Gasteiger partial charge in [-0.05, 0) is 56.6 Å². The molecule has 3 aliphatic rings. The van der Waals surface area contributed by atoms with Gasteiger partial charge in [-0.15, -0.1) is 0 Å². The number of nitrogens with zero attached hydrogens (tertiary/aromatic N) is 3. The molecule has 2 aliphatic heterocycles. The highest BCUT2D eigenvalue weighted by Gasteiger charge is 2.33. The van der Waals surface area contributed by atoms with Crippen LogP contribution in [0.1, 0.15) is 45.4 Å². The van der Waals surface area contributed by atoms with Gasteiger partial charge in [0, 0.05) is 38.3 Å². The fourth-order valence-electron chi connectivity index (χ4n) is 5.19. The fourth-order valence-corrected chi connectivity index (χ4v) is 6.51. The molecule has 1 aromatic carbocycles. The lowest BCUT2D eigenvalue weighted by molar-refractivity contribution is -0.384. The van der Waals surface area contributed by atoms with Crippen LogP contribution in [-0.2, 0) is 19.6 Å². The maximum Gasteiger partial charge on any atom is 0.293 e. The van der Waals surface area contributed by atoms with Gasteiger partial charge in [-0.1, -0.05) is 6.92 Å². The van der Waals surface area contributed by atoms with Crippen LogP contribution in [0.3, 0.4) is 0 Å². The molecule has 0 aromatic heterocycles. The maximum absolute atomic E-state index is 13.0. The molecule has 0 radical (unpaired) electrons. The first-order valence-corrected chi connectivity index (χ1v) is 13.6. The largest absolute Gasteiger partial charge is 0.378 e. The van der Waals surface area contributed by atoms with Crippen LogP contribution in [0.25, 0.3) is 0 Å². The zero-order chi connectivity index (χ0) is 24.3. The topological polar surface area (TPSA) is 122 Å². The third-order valence-corrected chi connectivity index (χ3v) is 8.74. The summed E-state index contributed by atoms with van der Waals surface area (Å²) in [5, 5.41) is 11.9. The summed E-state index contributed by atoms with van der Waals surface area (Å²) >= 11 is 0. The number of carbonyl (C=O) groups excluding carboxylic acids is 1. The minimum Gasteiger partial charge on any atom is -0.378 e. The number of anilines is 1. The number of benzene rings is 1. The molecule has 1 aromatic rings. The lowest BCUT2D eigenvalue weighted by atomic mass is 9.88. The van der Waals surface area contributed by atoms with Gasteiger partial charge in [0.2, 0.25) is 15.9 Å². The molecule has 1 aliphatic carbocycles. The Kier molecular flexibility index (Phi) is 7.73. The number of rotatable bonds is 6. The smallest absolute Gasteiger partial charge is 0.293 e. The number of nitro benzene ring substituents is 1. The average Bonchev–Trinajstić information content (AvgIpc) is 2.85. The van der Waals surface area contributed by atoms with Crippen molar-refractivity contribution >= 4 is 27.3 Å². The third-order valence-electron chi connectivity index (χ3n) is 7.23. The highest BCUT2D eigenvalue weighted by atomic mass is 32.2. The van der Waals surface area contributed by atoms with Crippen LogP contribution in [0.4, 0.5) is 11.4 Å². The summed E-state index contributed by atoms with van der Waals surface area (Å²) in [6.45, 7) is 5.30. The molecular formula is C23H34N4O6S. The van der Waals surface area contributed by atoms with E-state index in [-0.39, 0.29) is 28.4 Å². The van der Waals surface area contributed by atoms with Crippen LogP contribution in [0, 0.1) is 22.0 Å². The van der Waals surface area contributed by atoms with Gasteiger partial charge in [0.1, 0.15) is 5.69 Å². The number of nitro groups is 1. The number of amides is 1. The maximum atomic E-state index is 13.0. The minimum absolute atomic E-state index is 0.0563. The van der Waals surface area contributed by atoms with E-state index < -0.39 is 14.9 Å². The van der Waals surface area contributed by atoms with Crippen molar-refractivity contribution in [1.82, 2.24) is 9.62 Å². The number of carbonyl (C=O) groups is 1. The van der Waals surface area contributed by atoms with Crippen molar-refractivity contribution in [3.05, 3.63) is 28.3 Å².